The first-order chi connectivity index (χ1) is 11.2. The van der Waals surface area contributed by atoms with Gasteiger partial charge in [0.1, 0.15) is 11.4 Å². The van der Waals surface area contributed by atoms with E-state index in [1.54, 1.807) is 4.90 Å². The molecule has 1 N–H and O–H groups in total. The Labute approximate surface area is 140 Å². The largest absolute Gasteiger partial charge is 0.491 e. The summed E-state index contributed by atoms with van der Waals surface area (Å²) < 4.78 is 11.1. The number of hydrogen-bond acceptors (Lipinski definition) is 5. The van der Waals surface area contributed by atoms with E-state index in [-0.39, 0.29) is 17.1 Å². The molecular weight excluding hydrogens is 312 g/mol. The second-order valence-corrected chi connectivity index (χ2v) is 7.41. The summed E-state index contributed by atoms with van der Waals surface area (Å²) in [6.45, 7) is 7.16. The fourth-order valence-electron chi connectivity index (χ4n) is 3.18. The van der Waals surface area contributed by atoms with Crippen molar-refractivity contribution in [3.05, 3.63) is 23.5 Å². The Morgan fingerprint density at radius 1 is 1.33 bits per heavy atom. The van der Waals surface area contributed by atoms with Gasteiger partial charge in [0.05, 0.1) is 23.3 Å². The molecule has 0 aromatic carbocycles. The van der Waals surface area contributed by atoms with Gasteiger partial charge in [-0.05, 0) is 39.7 Å². The molecule has 1 fully saturated rings. The maximum Gasteiger partial charge on any atom is 0.410 e. The van der Waals surface area contributed by atoms with Gasteiger partial charge in [-0.15, -0.1) is 0 Å². The van der Waals surface area contributed by atoms with Gasteiger partial charge in [0, 0.05) is 19.3 Å². The quantitative estimate of drug-likeness (QED) is 0.848. The van der Waals surface area contributed by atoms with Crippen LogP contribution in [0.25, 0.3) is 0 Å². The predicted molar refractivity (Wildman–Crippen MR) is 85.4 cm³/mol. The molecule has 0 unspecified atom stereocenters. The van der Waals surface area contributed by atoms with Crippen molar-refractivity contribution in [1.82, 2.24) is 9.88 Å². The summed E-state index contributed by atoms with van der Waals surface area (Å²) in [5.74, 6) is -0.477. The lowest BCUT2D eigenvalue weighted by molar-refractivity contribution is 0.0150. The van der Waals surface area contributed by atoms with Gasteiger partial charge in [0.2, 0.25) is 0 Å². The fraction of sp³-hybridized carbons (Fsp3) is 0.588. The molecule has 0 saturated carbocycles. The monoisotopic (exact) mass is 334 g/mol. The van der Waals surface area contributed by atoms with E-state index in [1.807, 2.05) is 20.8 Å². The minimum Gasteiger partial charge on any atom is -0.491 e. The van der Waals surface area contributed by atoms with E-state index in [9.17, 15) is 9.59 Å². The zero-order valence-electron chi connectivity index (χ0n) is 14.2. The van der Waals surface area contributed by atoms with Gasteiger partial charge in [0.25, 0.3) is 0 Å². The molecule has 2 aliphatic rings. The lowest BCUT2D eigenvalue weighted by Crippen LogP contribution is -2.47. The van der Waals surface area contributed by atoms with E-state index in [1.165, 1.54) is 12.3 Å². The van der Waals surface area contributed by atoms with Gasteiger partial charge < -0.3 is 19.5 Å². The molecule has 130 valence electrons. The molecule has 0 bridgehead atoms. The molecule has 0 atom stereocenters. The third-order valence-corrected chi connectivity index (χ3v) is 4.48. The minimum atomic E-state index is -1.02. The average molecular weight is 334 g/mol. The first-order valence-corrected chi connectivity index (χ1v) is 8.05. The number of carbonyl (C=O) groups excluding carboxylic acids is 1. The van der Waals surface area contributed by atoms with Crippen molar-refractivity contribution in [3.63, 3.8) is 0 Å². The van der Waals surface area contributed by atoms with E-state index in [0.29, 0.717) is 25.4 Å². The third-order valence-electron chi connectivity index (χ3n) is 4.48. The summed E-state index contributed by atoms with van der Waals surface area (Å²) in [7, 11) is 0. The highest BCUT2D eigenvalue weighted by atomic mass is 16.6. The summed E-state index contributed by atoms with van der Waals surface area (Å²) in [5.41, 5.74) is 0.169. The summed E-state index contributed by atoms with van der Waals surface area (Å²) in [5, 5.41) is 9.05. The molecular formula is C17H22N2O5. The Morgan fingerprint density at radius 2 is 2.00 bits per heavy atom. The van der Waals surface area contributed by atoms with Crippen LogP contribution in [0.5, 0.6) is 5.75 Å². The standard InChI is InChI=1S/C17H22N2O5/c1-16(2,3)24-15(22)19-6-4-17(5-7-19)10-23-12-8-11(14(20)21)9-18-13(12)17/h8-9H,4-7,10H2,1-3H3,(H,20,21). The Hall–Kier alpha value is -2.31. The van der Waals surface area contributed by atoms with Gasteiger partial charge in [-0.3, -0.25) is 4.98 Å². The van der Waals surface area contributed by atoms with E-state index < -0.39 is 11.6 Å². The first-order valence-electron chi connectivity index (χ1n) is 8.05. The highest BCUT2D eigenvalue weighted by molar-refractivity contribution is 5.87. The summed E-state index contributed by atoms with van der Waals surface area (Å²) in [4.78, 5) is 29.3. The molecule has 24 heavy (non-hydrogen) atoms. The number of piperidine rings is 1. The molecule has 2 aliphatic heterocycles. The molecule has 0 radical (unpaired) electrons. The number of carbonyl (C=O) groups is 2. The number of fused-ring (bicyclic) bond motifs is 2. The third kappa shape index (κ3) is 3.02. The topological polar surface area (TPSA) is 89.0 Å². The normalized spacial score (nSPS) is 18.9. The lowest BCUT2D eigenvalue weighted by Gasteiger charge is -2.38. The van der Waals surface area contributed by atoms with Crippen LogP contribution >= 0.6 is 0 Å². The van der Waals surface area contributed by atoms with Crippen molar-refractivity contribution in [1.29, 1.82) is 0 Å². The highest BCUT2D eigenvalue weighted by Gasteiger charge is 2.45. The molecule has 1 aromatic heterocycles. The number of rotatable bonds is 1. The maximum absolute atomic E-state index is 12.2. The van der Waals surface area contributed by atoms with Gasteiger partial charge in [-0.2, -0.15) is 0 Å². The smallest absolute Gasteiger partial charge is 0.410 e. The van der Waals surface area contributed by atoms with Gasteiger partial charge >= 0.3 is 12.1 Å². The summed E-state index contributed by atoms with van der Waals surface area (Å²) in [6.07, 6.45) is 2.51. The minimum absolute atomic E-state index is 0.122. The Kier molecular flexibility index (Phi) is 3.89. The molecule has 1 aromatic rings. The number of carboxylic acid groups (broad SMARTS) is 1. The van der Waals surface area contributed by atoms with Crippen LogP contribution in [-0.4, -0.2) is 52.4 Å². The molecule has 1 amide bonds. The number of ether oxygens (including phenoxy) is 2. The van der Waals surface area contributed by atoms with Crippen LogP contribution in [0, 0.1) is 0 Å². The van der Waals surface area contributed by atoms with Crippen LogP contribution in [0.1, 0.15) is 49.7 Å². The maximum atomic E-state index is 12.2. The average Bonchev–Trinajstić information content (AvgIpc) is 2.84. The molecule has 3 heterocycles. The van der Waals surface area contributed by atoms with Crippen LogP contribution < -0.4 is 4.74 Å². The van der Waals surface area contributed by atoms with Crippen molar-refractivity contribution < 1.29 is 24.2 Å². The molecule has 7 heteroatoms. The second-order valence-electron chi connectivity index (χ2n) is 7.41. The summed E-state index contributed by atoms with van der Waals surface area (Å²) >= 11 is 0. The predicted octanol–water partition coefficient (Wildman–Crippen LogP) is 2.44. The number of hydrogen-bond donors (Lipinski definition) is 1. The number of aromatic nitrogens is 1. The van der Waals surface area contributed by atoms with Gasteiger partial charge in [-0.1, -0.05) is 0 Å². The van der Waals surface area contributed by atoms with Crippen LogP contribution in [0.4, 0.5) is 4.79 Å². The van der Waals surface area contributed by atoms with Gasteiger partial charge in [0.15, 0.2) is 0 Å². The number of pyridine rings is 1. The van der Waals surface area contributed by atoms with Crippen molar-refractivity contribution in [3.8, 4) is 5.75 Å². The van der Waals surface area contributed by atoms with E-state index in [2.05, 4.69) is 4.98 Å². The molecule has 0 aliphatic carbocycles. The number of likely N-dealkylation sites (tertiary alicyclic amines) is 1. The summed E-state index contributed by atoms with van der Waals surface area (Å²) in [6, 6.07) is 1.53. The Bertz CT molecular complexity index is 672. The van der Waals surface area contributed by atoms with Crippen molar-refractivity contribution in [2.75, 3.05) is 19.7 Å². The van der Waals surface area contributed by atoms with Crippen LogP contribution in [0.15, 0.2) is 12.3 Å². The molecule has 1 spiro atoms. The number of amides is 1. The van der Waals surface area contributed by atoms with E-state index in [4.69, 9.17) is 14.6 Å². The molecule has 7 nitrogen and oxygen atoms in total. The van der Waals surface area contributed by atoms with E-state index >= 15 is 0 Å². The SMILES string of the molecule is CC(C)(C)OC(=O)N1CCC2(CC1)COc1cc(C(=O)O)cnc12. The van der Waals surface area contributed by atoms with Crippen LogP contribution in [0.2, 0.25) is 0 Å². The number of aromatic carboxylic acids is 1. The van der Waals surface area contributed by atoms with Gasteiger partial charge in [-0.25, -0.2) is 9.59 Å². The zero-order chi connectivity index (χ0) is 17.5. The molecule has 3 rings (SSSR count). The van der Waals surface area contributed by atoms with E-state index in [0.717, 1.165) is 18.5 Å². The van der Waals surface area contributed by atoms with Crippen molar-refractivity contribution in [2.45, 2.75) is 44.6 Å². The van der Waals surface area contributed by atoms with Crippen molar-refractivity contribution >= 4 is 12.1 Å². The second kappa shape index (κ2) is 5.65. The molecule has 1 saturated heterocycles. The highest BCUT2D eigenvalue weighted by Crippen LogP contribution is 2.44. The van der Waals surface area contributed by atoms with Crippen molar-refractivity contribution in [2.24, 2.45) is 0 Å². The number of nitrogens with zero attached hydrogens (tertiary/aromatic N) is 2. The van der Waals surface area contributed by atoms with Crippen LogP contribution in [-0.2, 0) is 10.2 Å². The number of carboxylic acids is 1. The Balaban J connectivity index is 1.72. The van der Waals surface area contributed by atoms with Crippen LogP contribution in [0.3, 0.4) is 0 Å². The Morgan fingerprint density at radius 3 is 2.58 bits per heavy atom. The lowest BCUT2D eigenvalue weighted by atomic mass is 9.77. The fourth-order valence-corrected chi connectivity index (χ4v) is 3.18. The zero-order valence-corrected chi connectivity index (χ0v) is 14.2. The first kappa shape index (κ1) is 16.5.